The van der Waals surface area contributed by atoms with Gasteiger partial charge in [0.25, 0.3) is 0 Å². The summed E-state index contributed by atoms with van der Waals surface area (Å²) in [6, 6.07) is 12.1. The molecule has 0 unspecified atom stereocenters. The minimum Gasteiger partial charge on any atom is -0.497 e. The third-order valence-corrected chi connectivity index (χ3v) is 3.96. The molecule has 3 nitrogen and oxygen atoms in total. The number of nitrogens with one attached hydrogen (secondary N) is 1. The molecule has 0 amide bonds. The standard InChI is InChI=1S/C16H18BrNO2/c1-11-6-12(4-5-16(11)17)10-18-13-7-14(19-2)9-15(8-13)20-3/h4-9,18H,10H2,1-3H3. The molecule has 0 atom stereocenters. The van der Waals surface area contributed by atoms with Crippen LogP contribution in [-0.2, 0) is 6.54 Å². The smallest absolute Gasteiger partial charge is 0.124 e. The Hall–Kier alpha value is -1.68. The van der Waals surface area contributed by atoms with Crippen LogP contribution in [0.2, 0.25) is 0 Å². The van der Waals surface area contributed by atoms with E-state index in [9.17, 15) is 0 Å². The van der Waals surface area contributed by atoms with Gasteiger partial charge in [-0.15, -0.1) is 0 Å². The van der Waals surface area contributed by atoms with E-state index in [1.165, 1.54) is 11.1 Å². The van der Waals surface area contributed by atoms with Gasteiger partial charge in [-0.2, -0.15) is 0 Å². The summed E-state index contributed by atoms with van der Waals surface area (Å²) >= 11 is 3.51. The average Bonchev–Trinajstić information content (AvgIpc) is 2.48. The fourth-order valence-electron chi connectivity index (χ4n) is 1.93. The van der Waals surface area contributed by atoms with E-state index in [4.69, 9.17) is 9.47 Å². The number of ether oxygens (including phenoxy) is 2. The number of methoxy groups -OCH3 is 2. The Morgan fingerprint density at radius 3 is 2.20 bits per heavy atom. The number of rotatable bonds is 5. The summed E-state index contributed by atoms with van der Waals surface area (Å²) < 4.78 is 11.6. The van der Waals surface area contributed by atoms with Crippen molar-refractivity contribution in [2.45, 2.75) is 13.5 Å². The van der Waals surface area contributed by atoms with Gasteiger partial charge in [0, 0.05) is 34.9 Å². The van der Waals surface area contributed by atoms with Crippen LogP contribution in [0.1, 0.15) is 11.1 Å². The maximum absolute atomic E-state index is 5.26. The van der Waals surface area contributed by atoms with Crippen molar-refractivity contribution in [1.29, 1.82) is 0 Å². The van der Waals surface area contributed by atoms with Crippen molar-refractivity contribution in [3.8, 4) is 11.5 Å². The van der Waals surface area contributed by atoms with Crippen LogP contribution in [-0.4, -0.2) is 14.2 Å². The highest BCUT2D eigenvalue weighted by Gasteiger charge is 2.02. The van der Waals surface area contributed by atoms with Crippen LogP contribution in [0.4, 0.5) is 5.69 Å². The minimum atomic E-state index is 0.754. The van der Waals surface area contributed by atoms with Crippen molar-refractivity contribution in [2.75, 3.05) is 19.5 Å². The van der Waals surface area contributed by atoms with Gasteiger partial charge < -0.3 is 14.8 Å². The fraction of sp³-hybridized carbons (Fsp3) is 0.250. The van der Waals surface area contributed by atoms with Crippen molar-refractivity contribution < 1.29 is 9.47 Å². The first-order chi connectivity index (χ1) is 9.62. The summed E-state index contributed by atoms with van der Waals surface area (Å²) in [4.78, 5) is 0. The molecule has 2 aromatic carbocycles. The molecule has 4 heteroatoms. The van der Waals surface area contributed by atoms with Crippen molar-refractivity contribution >= 4 is 21.6 Å². The van der Waals surface area contributed by atoms with E-state index in [0.717, 1.165) is 28.2 Å². The van der Waals surface area contributed by atoms with Gasteiger partial charge in [-0.1, -0.05) is 28.1 Å². The van der Waals surface area contributed by atoms with E-state index in [1.807, 2.05) is 18.2 Å². The van der Waals surface area contributed by atoms with Crippen molar-refractivity contribution in [3.05, 3.63) is 52.0 Å². The molecule has 2 rings (SSSR count). The van der Waals surface area contributed by atoms with Crippen LogP contribution < -0.4 is 14.8 Å². The van der Waals surface area contributed by atoms with Crippen LogP contribution >= 0.6 is 15.9 Å². The zero-order valence-electron chi connectivity index (χ0n) is 11.9. The minimum absolute atomic E-state index is 0.754. The molecule has 20 heavy (non-hydrogen) atoms. The molecule has 106 valence electrons. The molecule has 0 aromatic heterocycles. The van der Waals surface area contributed by atoms with E-state index < -0.39 is 0 Å². The maximum atomic E-state index is 5.26. The van der Waals surface area contributed by atoms with Crippen LogP contribution in [0.5, 0.6) is 11.5 Å². The van der Waals surface area contributed by atoms with Gasteiger partial charge in [-0.25, -0.2) is 0 Å². The van der Waals surface area contributed by atoms with Gasteiger partial charge in [-0.3, -0.25) is 0 Å². The third kappa shape index (κ3) is 3.67. The van der Waals surface area contributed by atoms with Crippen LogP contribution in [0.3, 0.4) is 0 Å². The number of anilines is 1. The Bertz CT molecular complexity index is 577. The van der Waals surface area contributed by atoms with Crippen molar-refractivity contribution in [1.82, 2.24) is 0 Å². The van der Waals surface area contributed by atoms with Crippen molar-refractivity contribution in [2.24, 2.45) is 0 Å². The highest BCUT2D eigenvalue weighted by atomic mass is 79.9. The lowest BCUT2D eigenvalue weighted by atomic mass is 10.1. The summed E-state index contributed by atoms with van der Waals surface area (Å²) in [6.45, 7) is 2.84. The van der Waals surface area contributed by atoms with Crippen LogP contribution in [0.15, 0.2) is 40.9 Å². The summed E-state index contributed by atoms with van der Waals surface area (Å²) in [5.41, 5.74) is 3.43. The molecule has 0 aliphatic carbocycles. The fourth-order valence-corrected chi connectivity index (χ4v) is 2.18. The second kappa shape index (κ2) is 6.66. The predicted molar refractivity (Wildman–Crippen MR) is 85.8 cm³/mol. The first-order valence-corrected chi connectivity index (χ1v) is 7.13. The average molecular weight is 336 g/mol. The van der Waals surface area contributed by atoms with E-state index in [-0.39, 0.29) is 0 Å². The highest BCUT2D eigenvalue weighted by Crippen LogP contribution is 2.26. The molecule has 0 spiro atoms. The lowest BCUT2D eigenvalue weighted by Crippen LogP contribution is -2.00. The zero-order valence-corrected chi connectivity index (χ0v) is 13.5. The summed E-state index contributed by atoms with van der Waals surface area (Å²) in [5, 5.41) is 3.38. The van der Waals surface area contributed by atoms with E-state index in [2.05, 4.69) is 46.4 Å². The van der Waals surface area contributed by atoms with Gasteiger partial charge in [0.2, 0.25) is 0 Å². The van der Waals surface area contributed by atoms with Gasteiger partial charge in [0.05, 0.1) is 14.2 Å². The number of halogens is 1. The first kappa shape index (κ1) is 14.7. The number of aryl methyl sites for hydroxylation is 1. The molecular weight excluding hydrogens is 318 g/mol. The molecule has 0 radical (unpaired) electrons. The van der Waals surface area contributed by atoms with Gasteiger partial charge in [-0.05, 0) is 24.1 Å². The quantitative estimate of drug-likeness (QED) is 0.879. The largest absolute Gasteiger partial charge is 0.497 e. The first-order valence-electron chi connectivity index (χ1n) is 6.34. The Morgan fingerprint density at radius 2 is 1.65 bits per heavy atom. The monoisotopic (exact) mass is 335 g/mol. The molecule has 0 fully saturated rings. The molecule has 0 heterocycles. The Balaban J connectivity index is 2.11. The van der Waals surface area contributed by atoms with Gasteiger partial charge >= 0.3 is 0 Å². The zero-order chi connectivity index (χ0) is 14.5. The topological polar surface area (TPSA) is 30.5 Å². The Labute approximate surface area is 128 Å². The second-order valence-electron chi connectivity index (χ2n) is 4.54. The normalized spacial score (nSPS) is 10.2. The molecule has 0 aliphatic heterocycles. The van der Waals surface area contributed by atoms with E-state index in [1.54, 1.807) is 14.2 Å². The third-order valence-electron chi connectivity index (χ3n) is 3.07. The SMILES string of the molecule is COc1cc(NCc2ccc(Br)c(C)c2)cc(OC)c1. The Kier molecular flexibility index (Phi) is 4.90. The lowest BCUT2D eigenvalue weighted by Gasteiger charge is -2.11. The van der Waals surface area contributed by atoms with Crippen LogP contribution in [0.25, 0.3) is 0 Å². The summed E-state index contributed by atoms with van der Waals surface area (Å²) in [6.07, 6.45) is 0. The highest BCUT2D eigenvalue weighted by molar-refractivity contribution is 9.10. The number of benzene rings is 2. The van der Waals surface area contributed by atoms with E-state index in [0.29, 0.717) is 0 Å². The molecule has 0 saturated carbocycles. The molecule has 0 bridgehead atoms. The molecular formula is C16H18BrNO2. The lowest BCUT2D eigenvalue weighted by molar-refractivity contribution is 0.394. The van der Waals surface area contributed by atoms with Gasteiger partial charge in [0.15, 0.2) is 0 Å². The van der Waals surface area contributed by atoms with E-state index >= 15 is 0 Å². The maximum Gasteiger partial charge on any atom is 0.124 e. The number of hydrogen-bond acceptors (Lipinski definition) is 3. The predicted octanol–water partition coefficient (Wildman–Crippen LogP) is 4.39. The molecule has 0 saturated heterocycles. The molecule has 0 aliphatic rings. The van der Waals surface area contributed by atoms with Crippen LogP contribution in [0, 0.1) is 6.92 Å². The molecule has 1 N–H and O–H groups in total. The second-order valence-corrected chi connectivity index (χ2v) is 5.39. The molecule has 2 aromatic rings. The number of hydrogen-bond donors (Lipinski definition) is 1. The Morgan fingerprint density at radius 1 is 1.00 bits per heavy atom. The summed E-state index contributed by atoms with van der Waals surface area (Å²) in [7, 11) is 3.30. The summed E-state index contributed by atoms with van der Waals surface area (Å²) in [5.74, 6) is 1.55. The van der Waals surface area contributed by atoms with Crippen molar-refractivity contribution in [3.63, 3.8) is 0 Å². The van der Waals surface area contributed by atoms with Gasteiger partial charge in [0.1, 0.15) is 11.5 Å².